The van der Waals surface area contributed by atoms with Crippen LogP contribution in [0, 0.1) is 17.5 Å². The van der Waals surface area contributed by atoms with Crippen LogP contribution in [0.3, 0.4) is 0 Å². The summed E-state index contributed by atoms with van der Waals surface area (Å²) in [4.78, 5) is 0. The van der Waals surface area contributed by atoms with Gasteiger partial charge in [-0.3, -0.25) is 0 Å². The van der Waals surface area contributed by atoms with Gasteiger partial charge >= 0.3 is 0 Å². The van der Waals surface area contributed by atoms with Crippen molar-refractivity contribution in [2.75, 3.05) is 13.2 Å². The Kier molecular flexibility index (Phi) is 9.63. The second-order valence-electron chi connectivity index (χ2n) is 9.08. The van der Waals surface area contributed by atoms with Gasteiger partial charge in [-0.25, -0.2) is 13.2 Å². The van der Waals surface area contributed by atoms with Gasteiger partial charge in [0.15, 0.2) is 11.6 Å². The van der Waals surface area contributed by atoms with Crippen LogP contribution in [0.1, 0.15) is 37.3 Å². The highest BCUT2D eigenvalue weighted by molar-refractivity contribution is 5.75. The van der Waals surface area contributed by atoms with Crippen molar-refractivity contribution >= 4 is 12.2 Å². The van der Waals surface area contributed by atoms with Gasteiger partial charge in [-0.2, -0.15) is 0 Å². The first-order valence-corrected chi connectivity index (χ1v) is 13.0. The fourth-order valence-corrected chi connectivity index (χ4v) is 4.01. The van der Waals surface area contributed by atoms with Crippen LogP contribution in [-0.4, -0.2) is 13.2 Å². The Balaban J connectivity index is 1.45. The van der Waals surface area contributed by atoms with Gasteiger partial charge in [-0.05, 0) is 53.8 Å². The maximum atomic E-state index is 15.1. The van der Waals surface area contributed by atoms with Gasteiger partial charge in [0.25, 0.3) is 0 Å². The molecule has 0 fully saturated rings. The molecule has 4 rings (SSSR count). The maximum absolute atomic E-state index is 15.1. The maximum Gasteiger partial charge on any atom is 0.167 e. The van der Waals surface area contributed by atoms with E-state index in [0.29, 0.717) is 47.8 Å². The smallest absolute Gasteiger partial charge is 0.167 e. The predicted octanol–water partition coefficient (Wildman–Crippen LogP) is 9.74. The number of ether oxygens (including phenoxy) is 2. The zero-order valence-corrected chi connectivity index (χ0v) is 21.9. The van der Waals surface area contributed by atoms with Gasteiger partial charge in [0.2, 0.25) is 0 Å². The molecule has 0 aliphatic heterocycles. The van der Waals surface area contributed by atoms with E-state index in [4.69, 9.17) is 9.47 Å². The van der Waals surface area contributed by atoms with Crippen molar-refractivity contribution in [2.45, 2.75) is 26.2 Å². The van der Waals surface area contributed by atoms with Crippen LogP contribution in [-0.2, 0) is 0 Å². The Hall–Kier alpha value is -4.25. The van der Waals surface area contributed by atoms with Crippen molar-refractivity contribution in [3.05, 3.63) is 120 Å². The fourth-order valence-electron chi connectivity index (χ4n) is 4.01. The summed E-state index contributed by atoms with van der Waals surface area (Å²) in [5, 5.41) is 0. The van der Waals surface area contributed by atoms with E-state index in [0.717, 1.165) is 18.4 Å². The molecule has 4 aromatic rings. The van der Waals surface area contributed by atoms with Crippen LogP contribution in [0.4, 0.5) is 13.2 Å². The van der Waals surface area contributed by atoms with Crippen LogP contribution >= 0.6 is 0 Å². The van der Waals surface area contributed by atoms with Gasteiger partial charge in [0.05, 0.1) is 13.2 Å². The molecule has 4 aromatic carbocycles. The van der Waals surface area contributed by atoms with Crippen molar-refractivity contribution in [3.63, 3.8) is 0 Å². The molecule has 0 saturated carbocycles. The lowest BCUT2D eigenvalue weighted by Crippen LogP contribution is -1.97. The van der Waals surface area contributed by atoms with Crippen LogP contribution in [0.25, 0.3) is 34.4 Å². The van der Waals surface area contributed by atoms with E-state index >= 15 is 8.78 Å². The predicted molar refractivity (Wildman–Crippen MR) is 153 cm³/mol. The molecule has 0 aliphatic carbocycles. The van der Waals surface area contributed by atoms with Gasteiger partial charge in [0, 0.05) is 22.8 Å². The van der Waals surface area contributed by atoms with E-state index < -0.39 is 17.5 Å². The lowest BCUT2D eigenvalue weighted by Gasteiger charge is -2.11. The summed E-state index contributed by atoms with van der Waals surface area (Å²) in [5.74, 6) is -1.04. The van der Waals surface area contributed by atoms with Crippen molar-refractivity contribution in [1.29, 1.82) is 0 Å². The summed E-state index contributed by atoms with van der Waals surface area (Å²) in [6.45, 7) is 6.79. The van der Waals surface area contributed by atoms with Crippen LogP contribution in [0.15, 0.2) is 91.5 Å². The minimum atomic E-state index is -0.906. The van der Waals surface area contributed by atoms with Gasteiger partial charge in [0.1, 0.15) is 17.3 Å². The average molecular weight is 529 g/mol. The number of hydrogen-bond acceptors (Lipinski definition) is 2. The van der Waals surface area contributed by atoms with Gasteiger partial charge in [-0.1, -0.05) is 80.1 Å². The van der Waals surface area contributed by atoms with Crippen molar-refractivity contribution in [2.24, 2.45) is 0 Å². The number of halogens is 3. The van der Waals surface area contributed by atoms with E-state index in [1.165, 1.54) is 6.07 Å². The highest BCUT2D eigenvalue weighted by Gasteiger charge is 2.16. The van der Waals surface area contributed by atoms with E-state index in [1.54, 1.807) is 91.0 Å². The Labute approximate surface area is 228 Å². The summed E-state index contributed by atoms with van der Waals surface area (Å²) in [6.07, 6.45) is 7.84. The summed E-state index contributed by atoms with van der Waals surface area (Å²) in [7, 11) is 0. The van der Waals surface area contributed by atoms with E-state index in [-0.39, 0.29) is 11.1 Å². The highest BCUT2D eigenvalue weighted by atomic mass is 19.2. The highest BCUT2D eigenvalue weighted by Crippen LogP contribution is 2.32. The zero-order chi connectivity index (χ0) is 27.6. The second kappa shape index (κ2) is 13.5. The van der Waals surface area contributed by atoms with Gasteiger partial charge in [-0.15, -0.1) is 6.58 Å². The quantitative estimate of drug-likeness (QED) is 0.104. The lowest BCUT2D eigenvalue weighted by atomic mass is 9.98. The first-order valence-electron chi connectivity index (χ1n) is 13.0. The molecule has 0 unspecified atom stereocenters. The number of rotatable bonds is 12. The molecule has 0 saturated heterocycles. The van der Waals surface area contributed by atoms with Crippen LogP contribution in [0.5, 0.6) is 11.5 Å². The minimum Gasteiger partial charge on any atom is -0.494 e. The standard InChI is InChI=1S/C34H31F3O2/c1-3-5-21-38-28-16-13-26(14-17-28)31-20-19-30(33(36)34(31)37)25-10-7-24(8-11-25)9-12-27-15-18-29(23-32(27)35)39-22-6-4-2/h4,7-20,23H,2-3,5-6,21-22H2,1H3/b12-9+. The third kappa shape index (κ3) is 7.20. The lowest BCUT2D eigenvalue weighted by molar-refractivity contribution is 0.309. The molecular formula is C34H31F3O2. The normalized spacial score (nSPS) is 11.1. The Morgan fingerprint density at radius 2 is 1.28 bits per heavy atom. The van der Waals surface area contributed by atoms with E-state index in [1.807, 2.05) is 0 Å². The molecule has 39 heavy (non-hydrogen) atoms. The van der Waals surface area contributed by atoms with Crippen LogP contribution in [0.2, 0.25) is 0 Å². The molecule has 0 radical (unpaired) electrons. The molecule has 0 amide bonds. The van der Waals surface area contributed by atoms with Crippen molar-refractivity contribution in [3.8, 4) is 33.8 Å². The summed E-state index contributed by atoms with van der Waals surface area (Å²) in [6, 6.07) is 21.8. The molecule has 0 N–H and O–H groups in total. The summed E-state index contributed by atoms with van der Waals surface area (Å²) >= 11 is 0. The molecule has 0 atom stereocenters. The minimum absolute atomic E-state index is 0.171. The SMILES string of the molecule is C=CCCOc1ccc(/C=C/c2ccc(-c3ccc(-c4ccc(OCCCC)cc4)c(F)c3F)cc2)c(F)c1. The molecular weight excluding hydrogens is 497 g/mol. The molecule has 0 aliphatic rings. The Morgan fingerprint density at radius 3 is 1.87 bits per heavy atom. The van der Waals surface area contributed by atoms with E-state index in [9.17, 15) is 4.39 Å². The molecule has 0 bridgehead atoms. The monoisotopic (exact) mass is 528 g/mol. The van der Waals surface area contributed by atoms with Gasteiger partial charge < -0.3 is 9.47 Å². The molecule has 200 valence electrons. The largest absolute Gasteiger partial charge is 0.494 e. The third-order valence-electron chi connectivity index (χ3n) is 6.25. The topological polar surface area (TPSA) is 18.5 Å². The Morgan fingerprint density at radius 1 is 0.692 bits per heavy atom. The van der Waals surface area contributed by atoms with Crippen molar-refractivity contribution < 1.29 is 22.6 Å². The number of hydrogen-bond donors (Lipinski definition) is 0. The summed E-state index contributed by atoms with van der Waals surface area (Å²) in [5.41, 5.74) is 2.69. The number of unbranched alkanes of at least 4 members (excludes halogenated alkanes) is 1. The van der Waals surface area contributed by atoms with Crippen LogP contribution < -0.4 is 9.47 Å². The number of benzene rings is 4. The van der Waals surface area contributed by atoms with Crippen molar-refractivity contribution in [1.82, 2.24) is 0 Å². The fraction of sp³-hybridized carbons (Fsp3) is 0.176. The third-order valence-corrected chi connectivity index (χ3v) is 6.25. The zero-order valence-electron chi connectivity index (χ0n) is 21.9. The average Bonchev–Trinajstić information content (AvgIpc) is 2.95. The second-order valence-corrected chi connectivity index (χ2v) is 9.08. The molecule has 0 aromatic heterocycles. The molecule has 2 nitrogen and oxygen atoms in total. The molecule has 0 spiro atoms. The van der Waals surface area contributed by atoms with E-state index in [2.05, 4.69) is 13.5 Å². The molecule has 5 heteroatoms. The first-order chi connectivity index (χ1) is 19.0. The summed E-state index contributed by atoms with van der Waals surface area (Å²) < 4.78 is 55.7. The first kappa shape index (κ1) is 27.8. The molecule has 0 heterocycles. The Bertz CT molecular complexity index is 1420.